The third-order valence-electron chi connectivity index (χ3n) is 5.07. The van der Waals surface area contributed by atoms with Gasteiger partial charge in [-0.1, -0.05) is 54.1 Å². The van der Waals surface area contributed by atoms with Crippen molar-refractivity contribution in [3.05, 3.63) is 88.4 Å². The highest BCUT2D eigenvalue weighted by molar-refractivity contribution is 5.93. The molecule has 4 rings (SSSR count). The fourth-order valence-electron chi connectivity index (χ4n) is 3.50. The molecular weight excluding hydrogens is 348 g/mol. The monoisotopic (exact) mass is 372 g/mol. The summed E-state index contributed by atoms with van der Waals surface area (Å²) in [5, 5.41) is 3.31. The van der Waals surface area contributed by atoms with Crippen LogP contribution in [0.3, 0.4) is 0 Å². The Morgan fingerprint density at radius 2 is 1.79 bits per heavy atom. The molecule has 0 saturated heterocycles. The number of aromatic nitrogens is 2. The number of aryl methyl sites for hydroxylation is 2. The highest BCUT2D eigenvalue weighted by Crippen LogP contribution is 2.20. The van der Waals surface area contributed by atoms with E-state index in [4.69, 9.17) is 0 Å². The molecule has 5 nitrogen and oxygen atoms in total. The fraction of sp³-hybridized carbons (Fsp3) is 0.261. The Labute approximate surface area is 165 Å². The van der Waals surface area contributed by atoms with Crippen molar-refractivity contribution in [2.45, 2.75) is 33.4 Å². The minimum absolute atomic E-state index is 0.0432. The SMILES string of the molecule is Cc1ccc(CNc2cc(C(=O)N3CCc4ccccc4C3)nc(C)n2)cc1. The molecule has 0 bridgehead atoms. The van der Waals surface area contributed by atoms with Crippen molar-refractivity contribution in [2.24, 2.45) is 0 Å². The number of fused-ring (bicyclic) bond motifs is 1. The van der Waals surface area contributed by atoms with E-state index in [9.17, 15) is 4.79 Å². The standard InChI is InChI=1S/C23H24N4O/c1-16-7-9-18(10-8-16)14-24-22-13-21(25-17(2)26-22)23(28)27-12-11-19-5-3-4-6-20(19)15-27/h3-10,13H,11-12,14-15H2,1-2H3,(H,24,25,26). The van der Waals surface area contributed by atoms with Crippen LogP contribution < -0.4 is 5.32 Å². The molecule has 1 aliphatic rings. The minimum atomic E-state index is -0.0432. The molecule has 0 atom stereocenters. The second-order valence-electron chi connectivity index (χ2n) is 7.27. The highest BCUT2D eigenvalue weighted by Gasteiger charge is 2.23. The molecule has 2 aromatic carbocycles. The lowest BCUT2D eigenvalue weighted by Gasteiger charge is -2.28. The van der Waals surface area contributed by atoms with E-state index in [0.717, 1.165) is 6.42 Å². The first kappa shape index (κ1) is 18.2. The predicted octanol–water partition coefficient (Wildman–Crippen LogP) is 3.90. The number of benzene rings is 2. The van der Waals surface area contributed by atoms with Crippen LogP contribution in [0.1, 0.15) is 38.6 Å². The number of carbonyl (C=O) groups is 1. The summed E-state index contributed by atoms with van der Waals surface area (Å²) >= 11 is 0. The Hall–Kier alpha value is -3.21. The van der Waals surface area contributed by atoms with E-state index in [2.05, 4.69) is 64.7 Å². The molecule has 5 heteroatoms. The van der Waals surface area contributed by atoms with E-state index in [-0.39, 0.29) is 5.91 Å². The molecule has 3 aromatic rings. The molecule has 0 spiro atoms. The lowest BCUT2D eigenvalue weighted by molar-refractivity contribution is 0.0728. The van der Waals surface area contributed by atoms with Gasteiger partial charge < -0.3 is 10.2 Å². The minimum Gasteiger partial charge on any atom is -0.366 e. The van der Waals surface area contributed by atoms with Gasteiger partial charge in [0.2, 0.25) is 0 Å². The molecule has 1 amide bonds. The third-order valence-corrected chi connectivity index (χ3v) is 5.07. The number of hydrogen-bond donors (Lipinski definition) is 1. The largest absolute Gasteiger partial charge is 0.366 e. The van der Waals surface area contributed by atoms with Gasteiger partial charge in [0.1, 0.15) is 17.3 Å². The van der Waals surface area contributed by atoms with Crippen molar-refractivity contribution in [3.8, 4) is 0 Å². The molecule has 0 radical (unpaired) electrons. The first-order valence-corrected chi connectivity index (χ1v) is 9.59. The van der Waals surface area contributed by atoms with E-state index in [1.165, 1.54) is 22.3 Å². The van der Waals surface area contributed by atoms with Crippen LogP contribution in [0.5, 0.6) is 0 Å². The molecule has 2 heterocycles. The maximum Gasteiger partial charge on any atom is 0.272 e. The summed E-state index contributed by atoms with van der Waals surface area (Å²) in [5.74, 6) is 1.22. The topological polar surface area (TPSA) is 58.1 Å². The first-order chi connectivity index (χ1) is 13.6. The Morgan fingerprint density at radius 3 is 2.57 bits per heavy atom. The maximum atomic E-state index is 13.0. The Balaban J connectivity index is 1.49. The van der Waals surface area contributed by atoms with Crippen LogP contribution in [0.2, 0.25) is 0 Å². The second-order valence-corrected chi connectivity index (χ2v) is 7.27. The molecule has 0 saturated carbocycles. The number of carbonyl (C=O) groups excluding carboxylic acids is 1. The van der Waals surface area contributed by atoms with Crippen LogP contribution >= 0.6 is 0 Å². The molecule has 0 unspecified atom stereocenters. The van der Waals surface area contributed by atoms with Crippen LogP contribution in [0.25, 0.3) is 0 Å². The number of hydrogen-bond acceptors (Lipinski definition) is 4. The van der Waals surface area contributed by atoms with Gasteiger partial charge in [-0.05, 0) is 37.0 Å². The molecule has 0 aliphatic carbocycles. The molecule has 0 fully saturated rings. The number of nitrogens with one attached hydrogen (secondary N) is 1. The average Bonchev–Trinajstić information content (AvgIpc) is 2.72. The lowest BCUT2D eigenvalue weighted by atomic mass is 10.00. The Bertz CT molecular complexity index is 998. The van der Waals surface area contributed by atoms with Gasteiger partial charge in [0.15, 0.2) is 0 Å². The quantitative estimate of drug-likeness (QED) is 0.754. The zero-order valence-corrected chi connectivity index (χ0v) is 16.3. The van der Waals surface area contributed by atoms with Gasteiger partial charge in [-0.2, -0.15) is 0 Å². The van der Waals surface area contributed by atoms with E-state index < -0.39 is 0 Å². The Kier molecular flexibility index (Phi) is 5.06. The van der Waals surface area contributed by atoms with Gasteiger partial charge in [-0.25, -0.2) is 9.97 Å². The number of rotatable bonds is 4. The zero-order valence-electron chi connectivity index (χ0n) is 16.3. The molecule has 142 valence electrons. The second kappa shape index (κ2) is 7.80. The maximum absolute atomic E-state index is 13.0. The average molecular weight is 372 g/mol. The summed E-state index contributed by atoms with van der Waals surface area (Å²) in [6.45, 7) is 5.89. The summed E-state index contributed by atoms with van der Waals surface area (Å²) in [6.07, 6.45) is 0.879. The van der Waals surface area contributed by atoms with Gasteiger partial charge in [-0.15, -0.1) is 0 Å². The van der Waals surface area contributed by atoms with Crippen LogP contribution in [-0.4, -0.2) is 27.3 Å². The van der Waals surface area contributed by atoms with E-state index in [1.54, 1.807) is 6.07 Å². The number of amides is 1. The van der Waals surface area contributed by atoms with E-state index >= 15 is 0 Å². The lowest BCUT2D eigenvalue weighted by Crippen LogP contribution is -2.36. The van der Waals surface area contributed by atoms with Gasteiger partial charge in [0.25, 0.3) is 5.91 Å². The molecular formula is C23H24N4O. The van der Waals surface area contributed by atoms with Gasteiger partial charge >= 0.3 is 0 Å². The normalized spacial score (nSPS) is 13.1. The summed E-state index contributed by atoms with van der Waals surface area (Å²) in [5.41, 5.74) is 5.38. The smallest absolute Gasteiger partial charge is 0.272 e. The summed E-state index contributed by atoms with van der Waals surface area (Å²) in [7, 11) is 0. The number of nitrogens with zero attached hydrogens (tertiary/aromatic N) is 3. The van der Waals surface area contributed by atoms with Crippen molar-refractivity contribution in [1.29, 1.82) is 0 Å². The zero-order chi connectivity index (χ0) is 19.5. The first-order valence-electron chi connectivity index (χ1n) is 9.59. The van der Waals surface area contributed by atoms with Gasteiger partial charge in [0, 0.05) is 25.7 Å². The van der Waals surface area contributed by atoms with Crippen LogP contribution in [0.15, 0.2) is 54.6 Å². The summed E-state index contributed by atoms with van der Waals surface area (Å²) < 4.78 is 0. The molecule has 28 heavy (non-hydrogen) atoms. The highest BCUT2D eigenvalue weighted by atomic mass is 16.2. The molecule has 1 N–H and O–H groups in total. The number of anilines is 1. The van der Waals surface area contributed by atoms with Crippen LogP contribution in [-0.2, 0) is 19.5 Å². The van der Waals surface area contributed by atoms with Crippen molar-refractivity contribution < 1.29 is 4.79 Å². The summed E-state index contributed by atoms with van der Waals surface area (Å²) in [6, 6.07) is 18.4. The van der Waals surface area contributed by atoms with E-state index in [1.807, 2.05) is 17.9 Å². The van der Waals surface area contributed by atoms with E-state index in [0.29, 0.717) is 37.0 Å². The van der Waals surface area contributed by atoms with Crippen LogP contribution in [0, 0.1) is 13.8 Å². The van der Waals surface area contributed by atoms with Crippen LogP contribution in [0.4, 0.5) is 5.82 Å². The van der Waals surface area contributed by atoms with Crippen molar-refractivity contribution in [3.63, 3.8) is 0 Å². The van der Waals surface area contributed by atoms with Gasteiger partial charge in [0.05, 0.1) is 0 Å². The Morgan fingerprint density at radius 1 is 1.04 bits per heavy atom. The van der Waals surface area contributed by atoms with Crippen molar-refractivity contribution in [2.75, 3.05) is 11.9 Å². The molecule has 1 aromatic heterocycles. The fourth-order valence-corrected chi connectivity index (χ4v) is 3.50. The van der Waals surface area contributed by atoms with Gasteiger partial charge in [-0.3, -0.25) is 4.79 Å². The third kappa shape index (κ3) is 4.03. The van der Waals surface area contributed by atoms with Crippen molar-refractivity contribution in [1.82, 2.24) is 14.9 Å². The predicted molar refractivity (Wildman–Crippen MR) is 110 cm³/mol. The molecule has 1 aliphatic heterocycles. The summed E-state index contributed by atoms with van der Waals surface area (Å²) in [4.78, 5) is 23.7. The van der Waals surface area contributed by atoms with Crippen molar-refractivity contribution >= 4 is 11.7 Å².